The Morgan fingerprint density at radius 2 is 2.30 bits per heavy atom. The summed E-state index contributed by atoms with van der Waals surface area (Å²) >= 11 is 0. The van der Waals surface area contributed by atoms with Crippen molar-refractivity contribution in [2.45, 2.75) is 25.8 Å². The molecule has 0 aromatic carbocycles. The maximum atomic E-state index is 11.9. The van der Waals surface area contributed by atoms with E-state index in [9.17, 15) is 9.59 Å². The van der Waals surface area contributed by atoms with Crippen LogP contribution in [0.15, 0.2) is 24.5 Å². The number of pyridine rings is 1. The molecule has 1 fully saturated rings. The molecule has 1 saturated carbocycles. The maximum absolute atomic E-state index is 11.9. The number of nitrogens with one attached hydrogen (secondary N) is 1. The monoisotopic (exact) mass is 273 g/mol. The van der Waals surface area contributed by atoms with Crippen molar-refractivity contribution in [2.75, 3.05) is 6.61 Å². The number of ether oxygens (including phenoxy) is 1. The summed E-state index contributed by atoms with van der Waals surface area (Å²) in [6.45, 7) is 2.06. The Labute approximate surface area is 115 Å². The standard InChI is InChI=1S/C14H15N3O3/c1-2-20-14(19)11-8-15-12-7-9(5-6-17(11)12)13(18)16-10-3-4-10/h5-8,10H,2-4H2,1H3,(H,16,18). The highest BCUT2D eigenvalue weighted by atomic mass is 16.5. The average molecular weight is 273 g/mol. The molecule has 1 aliphatic carbocycles. The van der Waals surface area contributed by atoms with E-state index in [-0.39, 0.29) is 5.91 Å². The lowest BCUT2D eigenvalue weighted by Gasteiger charge is -2.05. The van der Waals surface area contributed by atoms with E-state index < -0.39 is 5.97 Å². The predicted octanol–water partition coefficient (Wildman–Crippen LogP) is 1.40. The van der Waals surface area contributed by atoms with Crippen molar-refractivity contribution >= 4 is 17.5 Å². The van der Waals surface area contributed by atoms with Crippen molar-refractivity contribution < 1.29 is 14.3 Å². The van der Waals surface area contributed by atoms with Crippen LogP contribution >= 0.6 is 0 Å². The second-order valence-electron chi connectivity index (χ2n) is 4.76. The van der Waals surface area contributed by atoms with Gasteiger partial charge < -0.3 is 10.1 Å². The molecule has 2 aromatic heterocycles. The Morgan fingerprint density at radius 3 is 3.00 bits per heavy atom. The number of hydrogen-bond acceptors (Lipinski definition) is 4. The third kappa shape index (κ3) is 2.36. The Bertz CT molecular complexity index is 673. The summed E-state index contributed by atoms with van der Waals surface area (Å²) in [5.74, 6) is -0.522. The number of esters is 1. The van der Waals surface area contributed by atoms with Gasteiger partial charge in [-0.15, -0.1) is 0 Å². The van der Waals surface area contributed by atoms with Gasteiger partial charge in [-0.1, -0.05) is 0 Å². The molecular formula is C14H15N3O3. The number of amides is 1. The quantitative estimate of drug-likeness (QED) is 0.855. The van der Waals surface area contributed by atoms with E-state index in [1.54, 1.807) is 29.7 Å². The fourth-order valence-corrected chi connectivity index (χ4v) is 1.97. The van der Waals surface area contributed by atoms with E-state index in [0.29, 0.717) is 29.6 Å². The van der Waals surface area contributed by atoms with E-state index in [2.05, 4.69) is 10.3 Å². The van der Waals surface area contributed by atoms with E-state index in [0.717, 1.165) is 12.8 Å². The third-order valence-corrected chi connectivity index (χ3v) is 3.17. The van der Waals surface area contributed by atoms with Crippen molar-refractivity contribution in [3.05, 3.63) is 35.8 Å². The van der Waals surface area contributed by atoms with Gasteiger partial charge in [-0.2, -0.15) is 0 Å². The van der Waals surface area contributed by atoms with Crippen LogP contribution in [0, 0.1) is 0 Å². The molecule has 0 unspecified atom stereocenters. The zero-order chi connectivity index (χ0) is 14.1. The van der Waals surface area contributed by atoms with Gasteiger partial charge in [0.25, 0.3) is 5.91 Å². The Balaban J connectivity index is 1.88. The number of rotatable bonds is 4. The summed E-state index contributed by atoms with van der Waals surface area (Å²) in [6, 6.07) is 3.66. The minimum atomic E-state index is -0.421. The lowest BCUT2D eigenvalue weighted by molar-refractivity contribution is 0.0518. The first-order valence-corrected chi connectivity index (χ1v) is 6.64. The lowest BCUT2D eigenvalue weighted by atomic mass is 10.2. The molecule has 1 amide bonds. The normalized spacial score (nSPS) is 14.2. The molecule has 0 bridgehead atoms. The van der Waals surface area contributed by atoms with Crippen LogP contribution in [0.25, 0.3) is 5.65 Å². The van der Waals surface area contributed by atoms with Crippen molar-refractivity contribution in [1.82, 2.24) is 14.7 Å². The van der Waals surface area contributed by atoms with Crippen LogP contribution in [-0.2, 0) is 4.74 Å². The van der Waals surface area contributed by atoms with Gasteiger partial charge in [0.15, 0.2) is 5.69 Å². The third-order valence-electron chi connectivity index (χ3n) is 3.17. The van der Waals surface area contributed by atoms with Crippen LogP contribution in [0.1, 0.15) is 40.6 Å². The number of hydrogen-bond donors (Lipinski definition) is 1. The first-order valence-electron chi connectivity index (χ1n) is 6.64. The van der Waals surface area contributed by atoms with Gasteiger partial charge in [0, 0.05) is 17.8 Å². The molecule has 6 nitrogen and oxygen atoms in total. The molecule has 20 heavy (non-hydrogen) atoms. The Hall–Kier alpha value is -2.37. The first-order chi connectivity index (χ1) is 9.69. The second-order valence-corrected chi connectivity index (χ2v) is 4.76. The van der Waals surface area contributed by atoms with Gasteiger partial charge in [0.05, 0.1) is 12.8 Å². The SMILES string of the molecule is CCOC(=O)c1cnc2cc(C(=O)NC3CC3)ccn12. The summed E-state index contributed by atoms with van der Waals surface area (Å²) in [5, 5.41) is 2.92. The minimum absolute atomic E-state index is 0.101. The van der Waals surface area contributed by atoms with Crippen molar-refractivity contribution in [3.8, 4) is 0 Å². The zero-order valence-corrected chi connectivity index (χ0v) is 11.1. The van der Waals surface area contributed by atoms with Crippen molar-refractivity contribution in [2.24, 2.45) is 0 Å². The van der Waals surface area contributed by atoms with Crippen LogP contribution in [0.5, 0.6) is 0 Å². The number of carbonyl (C=O) groups is 2. The van der Waals surface area contributed by atoms with Gasteiger partial charge in [-0.25, -0.2) is 9.78 Å². The fraction of sp³-hybridized carbons (Fsp3) is 0.357. The van der Waals surface area contributed by atoms with E-state index >= 15 is 0 Å². The molecule has 0 aliphatic heterocycles. The zero-order valence-electron chi connectivity index (χ0n) is 11.1. The van der Waals surface area contributed by atoms with E-state index in [1.807, 2.05) is 0 Å². The largest absolute Gasteiger partial charge is 0.461 e. The molecule has 1 N–H and O–H groups in total. The Morgan fingerprint density at radius 1 is 1.50 bits per heavy atom. The molecule has 2 aromatic rings. The highest BCUT2D eigenvalue weighted by molar-refractivity contribution is 5.96. The van der Waals surface area contributed by atoms with Crippen LogP contribution < -0.4 is 5.32 Å². The molecule has 0 atom stereocenters. The summed E-state index contributed by atoms with van der Waals surface area (Å²) in [6.07, 6.45) is 5.21. The number of aromatic nitrogens is 2. The molecule has 2 heterocycles. The second kappa shape index (κ2) is 4.96. The van der Waals surface area contributed by atoms with Crippen LogP contribution in [0.4, 0.5) is 0 Å². The number of fused-ring (bicyclic) bond motifs is 1. The summed E-state index contributed by atoms with van der Waals surface area (Å²) in [4.78, 5) is 27.8. The molecule has 6 heteroatoms. The Kier molecular flexibility index (Phi) is 3.14. The maximum Gasteiger partial charge on any atom is 0.356 e. The smallest absolute Gasteiger partial charge is 0.356 e. The molecule has 3 rings (SSSR count). The van der Waals surface area contributed by atoms with Gasteiger partial charge in [0.2, 0.25) is 0 Å². The molecular weight excluding hydrogens is 258 g/mol. The minimum Gasteiger partial charge on any atom is -0.461 e. The van der Waals surface area contributed by atoms with Crippen LogP contribution in [0.3, 0.4) is 0 Å². The van der Waals surface area contributed by atoms with Crippen molar-refractivity contribution in [1.29, 1.82) is 0 Å². The molecule has 104 valence electrons. The summed E-state index contributed by atoms with van der Waals surface area (Å²) in [5.41, 5.74) is 1.46. The predicted molar refractivity (Wildman–Crippen MR) is 71.6 cm³/mol. The molecule has 1 aliphatic rings. The van der Waals surface area contributed by atoms with E-state index in [4.69, 9.17) is 4.74 Å². The number of imidazole rings is 1. The average Bonchev–Trinajstić information content (AvgIpc) is 3.15. The van der Waals surface area contributed by atoms with Crippen LogP contribution in [0.2, 0.25) is 0 Å². The highest BCUT2D eigenvalue weighted by Crippen LogP contribution is 2.19. The molecule has 0 spiro atoms. The van der Waals surface area contributed by atoms with Gasteiger partial charge in [0.1, 0.15) is 5.65 Å². The van der Waals surface area contributed by atoms with Crippen molar-refractivity contribution in [3.63, 3.8) is 0 Å². The molecule has 0 saturated heterocycles. The van der Waals surface area contributed by atoms with Gasteiger partial charge in [-0.3, -0.25) is 9.20 Å². The number of nitrogens with zero attached hydrogens (tertiary/aromatic N) is 2. The summed E-state index contributed by atoms with van der Waals surface area (Å²) in [7, 11) is 0. The lowest BCUT2D eigenvalue weighted by Crippen LogP contribution is -2.25. The van der Waals surface area contributed by atoms with E-state index in [1.165, 1.54) is 6.20 Å². The first kappa shape index (κ1) is 12.7. The van der Waals surface area contributed by atoms with Gasteiger partial charge in [-0.05, 0) is 31.9 Å². The fourth-order valence-electron chi connectivity index (χ4n) is 1.97. The van der Waals surface area contributed by atoms with Gasteiger partial charge >= 0.3 is 5.97 Å². The summed E-state index contributed by atoms with van der Waals surface area (Å²) < 4.78 is 6.57. The highest BCUT2D eigenvalue weighted by Gasteiger charge is 2.24. The number of carbonyl (C=O) groups excluding carboxylic acids is 2. The molecule has 0 radical (unpaired) electrons. The topological polar surface area (TPSA) is 72.7 Å². The van der Waals surface area contributed by atoms with Crippen LogP contribution in [-0.4, -0.2) is 33.9 Å².